The second-order valence-corrected chi connectivity index (χ2v) is 6.68. The SMILES string of the molecule is C=C(Oc1ccc2ccn(CCF)c2c1)N1CCN2CCC1CC2. The lowest BCUT2D eigenvalue weighted by atomic mass is 10.1. The van der Waals surface area contributed by atoms with Gasteiger partial charge in [-0.2, -0.15) is 0 Å². The molecule has 128 valence electrons. The summed E-state index contributed by atoms with van der Waals surface area (Å²) >= 11 is 0. The lowest BCUT2D eigenvalue weighted by molar-refractivity contribution is 0.160. The molecule has 0 saturated carbocycles. The molecule has 5 rings (SSSR count). The number of nitrogens with zero attached hydrogens (tertiary/aromatic N) is 3. The molecule has 0 radical (unpaired) electrons. The number of ether oxygens (including phenoxy) is 1. The molecule has 2 aromatic rings. The summed E-state index contributed by atoms with van der Waals surface area (Å²) in [6, 6.07) is 8.51. The Morgan fingerprint density at radius 1 is 1.17 bits per heavy atom. The molecule has 2 bridgehead atoms. The van der Waals surface area contributed by atoms with E-state index in [1.807, 2.05) is 35.0 Å². The summed E-state index contributed by atoms with van der Waals surface area (Å²) in [4.78, 5) is 4.83. The highest BCUT2D eigenvalue weighted by Crippen LogP contribution is 2.27. The first-order chi connectivity index (χ1) is 11.7. The van der Waals surface area contributed by atoms with Gasteiger partial charge in [-0.05, 0) is 43.0 Å². The molecule has 1 aromatic carbocycles. The van der Waals surface area contributed by atoms with Crippen molar-refractivity contribution >= 4 is 10.9 Å². The van der Waals surface area contributed by atoms with Crippen LogP contribution >= 0.6 is 0 Å². The van der Waals surface area contributed by atoms with Crippen molar-refractivity contribution in [1.29, 1.82) is 0 Å². The van der Waals surface area contributed by atoms with E-state index >= 15 is 0 Å². The summed E-state index contributed by atoms with van der Waals surface area (Å²) in [5.41, 5.74) is 1.00. The zero-order chi connectivity index (χ0) is 16.5. The number of benzene rings is 1. The van der Waals surface area contributed by atoms with Gasteiger partial charge in [0, 0.05) is 44.5 Å². The molecule has 3 aliphatic rings. The van der Waals surface area contributed by atoms with Crippen molar-refractivity contribution in [3.05, 3.63) is 42.9 Å². The van der Waals surface area contributed by atoms with Gasteiger partial charge in [0.25, 0.3) is 0 Å². The maximum absolute atomic E-state index is 12.7. The van der Waals surface area contributed by atoms with Gasteiger partial charge in [-0.25, -0.2) is 4.39 Å². The van der Waals surface area contributed by atoms with Crippen molar-refractivity contribution in [1.82, 2.24) is 14.4 Å². The summed E-state index contributed by atoms with van der Waals surface area (Å²) in [5, 5.41) is 1.10. The van der Waals surface area contributed by atoms with Gasteiger partial charge in [-0.3, -0.25) is 0 Å². The number of aryl methyl sites for hydroxylation is 1. The Labute approximate surface area is 142 Å². The van der Waals surface area contributed by atoms with E-state index in [-0.39, 0.29) is 6.67 Å². The highest BCUT2D eigenvalue weighted by Gasteiger charge is 2.30. The van der Waals surface area contributed by atoms with Crippen LogP contribution in [0.3, 0.4) is 0 Å². The molecule has 1 aromatic heterocycles. The fraction of sp³-hybridized carbons (Fsp3) is 0.474. The van der Waals surface area contributed by atoms with E-state index < -0.39 is 0 Å². The summed E-state index contributed by atoms with van der Waals surface area (Å²) in [7, 11) is 0. The van der Waals surface area contributed by atoms with E-state index in [0.29, 0.717) is 12.6 Å². The fourth-order valence-electron chi connectivity index (χ4n) is 3.92. The molecule has 0 unspecified atom stereocenters. The molecule has 3 aliphatic heterocycles. The number of fused-ring (bicyclic) bond motifs is 5. The van der Waals surface area contributed by atoms with E-state index in [0.717, 1.165) is 35.6 Å². The van der Waals surface area contributed by atoms with Crippen molar-refractivity contribution < 1.29 is 9.13 Å². The predicted octanol–water partition coefficient (Wildman–Crippen LogP) is 3.24. The topological polar surface area (TPSA) is 20.6 Å². The Hall–Kier alpha value is -2.01. The summed E-state index contributed by atoms with van der Waals surface area (Å²) in [6.45, 7) is 8.59. The van der Waals surface area contributed by atoms with Crippen LogP contribution in [0.4, 0.5) is 4.39 Å². The first-order valence-electron chi connectivity index (χ1n) is 8.75. The van der Waals surface area contributed by atoms with E-state index in [2.05, 4.69) is 16.4 Å². The number of aromatic nitrogens is 1. The number of halogens is 1. The third-order valence-corrected chi connectivity index (χ3v) is 5.28. The molecule has 3 fully saturated rings. The van der Waals surface area contributed by atoms with Crippen LogP contribution in [-0.2, 0) is 6.54 Å². The van der Waals surface area contributed by atoms with Gasteiger partial charge in [0.2, 0.25) is 0 Å². The Morgan fingerprint density at radius 3 is 2.79 bits per heavy atom. The van der Waals surface area contributed by atoms with Crippen molar-refractivity contribution in [2.45, 2.75) is 25.4 Å². The fourth-order valence-corrected chi connectivity index (χ4v) is 3.92. The lowest BCUT2D eigenvalue weighted by Crippen LogP contribution is -2.38. The number of piperidine rings is 1. The first kappa shape index (κ1) is 15.5. The molecular weight excluding hydrogens is 305 g/mol. The van der Waals surface area contributed by atoms with Crippen LogP contribution in [-0.4, -0.2) is 53.3 Å². The van der Waals surface area contributed by atoms with Gasteiger partial charge in [0.15, 0.2) is 5.88 Å². The smallest absolute Gasteiger partial charge is 0.189 e. The van der Waals surface area contributed by atoms with Crippen molar-refractivity contribution in [2.24, 2.45) is 0 Å². The van der Waals surface area contributed by atoms with Crippen LogP contribution in [0.25, 0.3) is 10.9 Å². The molecule has 0 atom stereocenters. The molecule has 5 heteroatoms. The summed E-state index contributed by atoms with van der Waals surface area (Å²) < 4.78 is 20.7. The van der Waals surface area contributed by atoms with Gasteiger partial charge in [0.1, 0.15) is 12.4 Å². The molecule has 0 N–H and O–H groups in total. The van der Waals surface area contributed by atoms with Gasteiger partial charge in [-0.15, -0.1) is 0 Å². The number of hydrogen-bond acceptors (Lipinski definition) is 3. The number of rotatable bonds is 5. The minimum Gasteiger partial charge on any atom is -0.442 e. The second kappa shape index (κ2) is 6.48. The van der Waals surface area contributed by atoms with E-state index in [1.54, 1.807) is 0 Å². The van der Waals surface area contributed by atoms with Crippen LogP contribution in [0.2, 0.25) is 0 Å². The van der Waals surface area contributed by atoms with E-state index in [1.165, 1.54) is 25.9 Å². The predicted molar refractivity (Wildman–Crippen MR) is 93.8 cm³/mol. The van der Waals surface area contributed by atoms with E-state index in [9.17, 15) is 4.39 Å². The van der Waals surface area contributed by atoms with Crippen molar-refractivity contribution in [3.8, 4) is 5.75 Å². The Kier molecular flexibility index (Phi) is 4.19. The molecule has 0 amide bonds. The van der Waals surface area contributed by atoms with Crippen LogP contribution in [0, 0.1) is 0 Å². The van der Waals surface area contributed by atoms with Gasteiger partial charge in [0.05, 0.1) is 12.1 Å². The normalized spacial score (nSPS) is 23.5. The third kappa shape index (κ3) is 2.88. The molecular formula is C19H24FN3O. The number of alkyl halides is 1. The summed E-state index contributed by atoms with van der Waals surface area (Å²) in [6.07, 6.45) is 4.28. The zero-order valence-electron chi connectivity index (χ0n) is 14.0. The van der Waals surface area contributed by atoms with Gasteiger partial charge < -0.3 is 19.1 Å². The Bertz CT molecular complexity index is 733. The average Bonchev–Trinajstić information content (AvgIpc) is 2.77. The van der Waals surface area contributed by atoms with E-state index in [4.69, 9.17) is 4.74 Å². The average molecular weight is 329 g/mol. The largest absolute Gasteiger partial charge is 0.442 e. The van der Waals surface area contributed by atoms with Crippen molar-refractivity contribution in [2.75, 3.05) is 32.9 Å². The van der Waals surface area contributed by atoms with Crippen LogP contribution in [0.5, 0.6) is 5.75 Å². The quantitative estimate of drug-likeness (QED) is 0.786. The van der Waals surface area contributed by atoms with Crippen LogP contribution in [0.1, 0.15) is 12.8 Å². The zero-order valence-corrected chi connectivity index (χ0v) is 14.0. The third-order valence-electron chi connectivity index (χ3n) is 5.28. The molecule has 4 nitrogen and oxygen atoms in total. The van der Waals surface area contributed by atoms with Gasteiger partial charge >= 0.3 is 0 Å². The monoisotopic (exact) mass is 329 g/mol. The second-order valence-electron chi connectivity index (χ2n) is 6.68. The minimum absolute atomic E-state index is 0.368. The highest BCUT2D eigenvalue weighted by molar-refractivity contribution is 5.81. The first-order valence-corrected chi connectivity index (χ1v) is 8.75. The highest BCUT2D eigenvalue weighted by atomic mass is 19.1. The standard InChI is InChI=1S/C19H24FN3O/c1-15(23-13-12-21-8-5-17(23)6-9-21)24-18-3-2-16-4-10-22(11-7-20)19(16)14-18/h2-4,10,14,17H,1,5-9,11-13H2. The minimum atomic E-state index is -0.368. The maximum Gasteiger partial charge on any atom is 0.189 e. The molecule has 4 heterocycles. The van der Waals surface area contributed by atoms with Gasteiger partial charge in [-0.1, -0.05) is 0 Å². The maximum atomic E-state index is 12.7. The Balaban J connectivity index is 1.52. The van der Waals surface area contributed by atoms with Crippen LogP contribution < -0.4 is 4.74 Å². The Morgan fingerprint density at radius 2 is 2.00 bits per heavy atom. The van der Waals surface area contributed by atoms with Crippen molar-refractivity contribution in [3.63, 3.8) is 0 Å². The number of hydrogen-bond donors (Lipinski definition) is 0. The summed E-state index contributed by atoms with van der Waals surface area (Å²) in [5.74, 6) is 1.50. The lowest BCUT2D eigenvalue weighted by Gasteiger charge is -2.33. The molecule has 24 heavy (non-hydrogen) atoms. The molecule has 0 aliphatic carbocycles. The van der Waals surface area contributed by atoms with Crippen LogP contribution in [0.15, 0.2) is 42.9 Å². The molecule has 0 spiro atoms. The molecule has 3 saturated heterocycles.